The second-order valence-electron chi connectivity index (χ2n) is 5.34. The lowest BCUT2D eigenvalue weighted by molar-refractivity contribution is -0.125. The van der Waals surface area contributed by atoms with E-state index in [1.54, 1.807) is 11.3 Å². The SMILES string of the molecule is CC(C(=O)NCCc1cccs1)N(C)Cc1cccc(Cl)c1. The lowest BCUT2D eigenvalue weighted by Gasteiger charge is -2.24. The van der Waals surface area contributed by atoms with Gasteiger partial charge in [-0.05, 0) is 49.5 Å². The second kappa shape index (κ2) is 8.32. The molecule has 1 atom stereocenters. The van der Waals surface area contributed by atoms with Crippen molar-refractivity contribution in [3.8, 4) is 0 Å². The van der Waals surface area contributed by atoms with Crippen molar-refractivity contribution >= 4 is 28.8 Å². The predicted octanol–water partition coefficient (Wildman–Crippen LogP) is 3.58. The number of hydrogen-bond donors (Lipinski definition) is 1. The van der Waals surface area contributed by atoms with Gasteiger partial charge in [0.25, 0.3) is 0 Å². The molecule has 1 aromatic carbocycles. The van der Waals surface area contributed by atoms with Gasteiger partial charge in [-0.3, -0.25) is 9.69 Å². The van der Waals surface area contributed by atoms with Crippen LogP contribution in [0, 0.1) is 0 Å². The van der Waals surface area contributed by atoms with Gasteiger partial charge in [-0.25, -0.2) is 0 Å². The third-order valence-electron chi connectivity index (χ3n) is 3.61. The van der Waals surface area contributed by atoms with Gasteiger partial charge in [0.05, 0.1) is 6.04 Å². The van der Waals surface area contributed by atoms with Crippen molar-refractivity contribution in [3.63, 3.8) is 0 Å². The van der Waals surface area contributed by atoms with Crippen molar-refractivity contribution in [2.75, 3.05) is 13.6 Å². The summed E-state index contributed by atoms with van der Waals surface area (Å²) in [5, 5.41) is 5.77. The van der Waals surface area contributed by atoms with Gasteiger partial charge in [0.2, 0.25) is 5.91 Å². The smallest absolute Gasteiger partial charge is 0.237 e. The summed E-state index contributed by atoms with van der Waals surface area (Å²) in [5.74, 6) is 0.0566. The molecule has 1 aromatic heterocycles. The number of rotatable bonds is 7. The van der Waals surface area contributed by atoms with Crippen molar-refractivity contribution in [3.05, 3.63) is 57.2 Å². The van der Waals surface area contributed by atoms with Crippen molar-refractivity contribution in [2.24, 2.45) is 0 Å². The molecule has 0 bridgehead atoms. The second-order valence-corrected chi connectivity index (χ2v) is 6.81. The number of nitrogens with zero attached hydrogens (tertiary/aromatic N) is 1. The van der Waals surface area contributed by atoms with E-state index in [9.17, 15) is 4.79 Å². The number of nitrogens with one attached hydrogen (secondary N) is 1. The van der Waals surface area contributed by atoms with Gasteiger partial charge in [0, 0.05) is 23.0 Å². The first-order valence-corrected chi connectivity index (χ1v) is 8.57. The highest BCUT2D eigenvalue weighted by molar-refractivity contribution is 7.09. The van der Waals surface area contributed by atoms with E-state index in [1.165, 1.54) is 4.88 Å². The van der Waals surface area contributed by atoms with E-state index in [-0.39, 0.29) is 11.9 Å². The minimum atomic E-state index is -0.178. The Morgan fingerprint density at radius 2 is 2.18 bits per heavy atom. The normalized spacial score (nSPS) is 12.4. The van der Waals surface area contributed by atoms with Crippen LogP contribution in [-0.4, -0.2) is 30.4 Å². The summed E-state index contributed by atoms with van der Waals surface area (Å²) < 4.78 is 0. The van der Waals surface area contributed by atoms with Crippen molar-refractivity contribution in [2.45, 2.75) is 25.9 Å². The number of halogens is 1. The van der Waals surface area contributed by atoms with E-state index in [2.05, 4.69) is 16.8 Å². The summed E-state index contributed by atoms with van der Waals surface area (Å²) in [4.78, 5) is 15.5. The van der Waals surface area contributed by atoms with Crippen LogP contribution in [0.1, 0.15) is 17.4 Å². The van der Waals surface area contributed by atoms with Crippen molar-refractivity contribution < 1.29 is 4.79 Å². The maximum Gasteiger partial charge on any atom is 0.237 e. The van der Waals surface area contributed by atoms with E-state index < -0.39 is 0 Å². The third kappa shape index (κ3) is 5.13. The molecule has 0 spiro atoms. The largest absolute Gasteiger partial charge is 0.354 e. The highest BCUT2D eigenvalue weighted by Gasteiger charge is 2.17. The molecule has 1 unspecified atom stereocenters. The predicted molar refractivity (Wildman–Crippen MR) is 93.4 cm³/mol. The molecule has 0 radical (unpaired) electrons. The minimum absolute atomic E-state index is 0.0566. The Balaban J connectivity index is 1.79. The number of likely N-dealkylation sites (N-methyl/N-ethyl adjacent to an activating group) is 1. The first kappa shape index (κ1) is 17.0. The number of carbonyl (C=O) groups is 1. The number of hydrogen-bond acceptors (Lipinski definition) is 3. The van der Waals surface area contributed by atoms with E-state index in [1.807, 2.05) is 49.2 Å². The molecule has 1 amide bonds. The molecule has 0 fully saturated rings. The number of carbonyl (C=O) groups excluding carboxylic acids is 1. The molecule has 2 rings (SSSR count). The molecule has 2 aromatic rings. The zero-order chi connectivity index (χ0) is 15.9. The zero-order valence-corrected chi connectivity index (χ0v) is 14.5. The quantitative estimate of drug-likeness (QED) is 0.838. The van der Waals surface area contributed by atoms with E-state index in [4.69, 9.17) is 11.6 Å². The van der Waals surface area contributed by atoms with Gasteiger partial charge >= 0.3 is 0 Å². The Morgan fingerprint density at radius 1 is 1.36 bits per heavy atom. The molecule has 1 heterocycles. The van der Waals surface area contributed by atoms with Gasteiger partial charge in [0.1, 0.15) is 0 Å². The summed E-state index contributed by atoms with van der Waals surface area (Å²) in [7, 11) is 1.95. The molecule has 1 N–H and O–H groups in total. The first-order chi connectivity index (χ1) is 10.6. The molecular weight excluding hydrogens is 316 g/mol. The summed E-state index contributed by atoms with van der Waals surface area (Å²) in [6.07, 6.45) is 0.883. The molecular formula is C17H21ClN2OS. The maximum atomic E-state index is 12.2. The average molecular weight is 337 g/mol. The molecule has 0 aliphatic carbocycles. The monoisotopic (exact) mass is 336 g/mol. The van der Waals surface area contributed by atoms with Crippen LogP contribution < -0.4 is 5.32 Å². The topological polar surface area (TPSA) is 32.3 Å². The lowest BCUT2D eigenvalue weighted by Crippen LogP contribution is -2.43. The Hall–Kier alpha value is -1.36. The Bertz CT molecular complexity index is 600. The van der Waals surface area contributed by atoms with Gasteiger partial charge in [-0.1, -0.05) is 29.8 Å². The van der Waals surface area contributed by atoms with Gasteiger partial charge in [-0.2, -0.15) is 0 Å². The minimum Gasteiger partial charge on any atom is -0.354 e. The van der Waals surface area contributed by atoms with E-state index in [0.29, 0.717) is 13.1 Å². The van der Waals surface area contributed by atoms with Crippen LogP contribution in [-0.2, 0) is 17.8 Å². The summed E-state index contributed by atoms with van der Waals surface area (Å²) in [5.41, 5.74) is 1.10. The van der Waals surface area contributed by atoms with Crippen molar-refractivity contribution in [1.29, 1.82) is 0 Å². The average Bonchev–Trinajstić information content (AvgIpc) is 2.99. The third-order valence-corrected chi connectivity index (χ3v) is 4.78. The molecule has 5 heteroatoms. The maximum absolute atomic E-state index is 12.2. The van der Waals surface area contributed by atoms with Crippen molar-refractivity contribution in [1.82, 2.24) is 10.2 Å². The molecule has 0 aliphatic heterocycles. The van der Waals surface area contributed by atoms with E-state index >= 15 is 0 Å². The molecule has 3 nitrogen and oxygen atoms in total. The van der Waals surface area contributed by atoms with Gasteiger partial charge in [0.15, 0.2) is 0 Å². The molecule has 0 aliphatic rings. The van der Waals surface area contributed by atoms with Crippen LogP contribution in [0.5, 0.6) is 0 Å². The highest BCUT2D eigenvalue weighted by Crippen LogP contribution is 2.13. The standard InChI is InChI=1S/C17H21ClN2OS/c1-13(17(21)19-9-8-16-7-4-10-22-16)20(2)12-14-5-3-6-15(18)11-14/h3-7,10-11,13H,8-9,12H2,1-2H3,(H,19,21). The van der Waals surface area contributed by atoms with Crippen LogP contribution in [0.2, 0.25) is 5.02 Å². The fourth-order valence-corrected chi connectivity index (χ4v) is 3.09. The Kier molecular flexibility index (Phi) is 6.43. The fraction of sp³-hybridized carbons (Fsp3) is 0.353. The summed E-state index contributed by atoms with van der Waals surface area (Å²) in [6, 6.07) is 11.7. The highest BCUT2D eigenvalue weighted by atomic mass is 35.5. The number of amides is 1. The number of benzene rings is 1. The van der Waals surface area contributed by atoms with Crippen LogP contribution in [0.4, 0.5) is 0 Å². The molecule has 118 valence electrons. The zero-order valence-electron chi connectivity index (χ0n) is 12.9. The fourth-order valence-electron chi connectivity index (χ4n) is 2.17. The van der Waals surface area contributed by atoms with Crippen LogP contribution in [0.3, 0.4) is 0 Å². The summed E-state index contributed by atoms with van der Waals surface area (Å²) >= 11 is 7.71. The number of thiophene rings is 1. The molecule has 0 saturated carbocycles. The Morgan fingerprint density at radius 3 is 2.86 bits per heavy atom. The van der Waals surface area contributed by atoms with Crippen LogP contribution in [0.15, 0.2) is 41.8 Å². The van der Waals surface area contributed by atoms with E-state index in [0.717, 1.165) is 17.0 Å². The molecule has 22 heavy (non-hydrogen) atoms. The summed E-state index contributed by atoms with van der Waals surface area (Å²) in [6.45, 7) is 3.29. The Labute approximate surface area is 140 Å². The lowest BCUT2D eigenvalue weighted by atomic mass is 10.2. The molecule has 0 saturated heterocycles. The van der Waals surface area contributed by atoms with Gasteiger partial charge in [-0.15, -0.1) is 11.3 Å². The van der Waals surface area contributed by atoms with Gasteiger partial charge < -0.3 is 5.32 Å². The van der Waals surface area contributed by atoms with Crippen LogP contribution >= 0.6 is 22.9 Å². The van der Waals surface area contributed by atoms with Crippen LogP contribution in [0.25, 0.3) is 0 Å². The first-order valence-electron chi connectivity index (χ1n) is 7.31.